The number of ketones is 1. The van der Waals surface area contributed by atoms with Crippen LogP contribution < -0.4 is 0 Å². The molecule has 0 fully saturated rings. The molecule has 0 radical (unpaired) electrons. The molecule has 0 aliphatic rings. The molecule has 2 aromatic carbocycles. The van der Waals surface area contributed by atoms with Crippen LogP contribution in [-0.2, 0) is 9.84 Å². The molecule has 0 aromatic heterocycles. The molecule has 2 aromatic rings. The van der Waals surface area contributed by atoms with Gasteiger partial charge in [-0.15, -0.1) is 4.79 Å². The fourth-order valence-corrected chi connectivity index (χ4v) is 3.07. The molecule has 5 nitrogen and oxygen atoms in total. The van der Waals surface area contributed by atoms with Gasteiger partial charge >= 0.3 is 5.04 Å². The quantitative estimate of drug-likeness (QED) is 0.287. The highest BCUT2D eigenvalue weighted by molar-refractivity contribution is 8.08. The van der Waals surface area contributed by atoms with Crippen molar-refractivity contribution in [3.63, 3.8) is 0 Å². The maximum atomic E-state index is 12.4. The van der Waals surface area contributed by atoms with Gasteiger partial charge in [-0.2, -0.15) is 0 Å². The van der Waals surface area contributed by atoms with Crippen molar-refractivity contribution in [1.82, 2.24) is 0 Å². The van der Waals surface area contributed by atoms with Crippen molar-refractivity contribution >= 4 is 20.7 Å². The Kier molecular flexibility index (Phi) is 4.35. The van der Waals surface area contributed by atoms with E-state index in [0.29, 0.717) is 0 Å². The topological polar surface area (TPSA) is 87.6 Å². The molecule has 22 heavy (non-hydrogen) atoms. The van der Waals surface area contributed by atoms with Crippen LogP contribution in [0.5, 0.6) is 0 Å². The highest BCUT2D eigenvalue weighted by Crippen LogP contribution is 2.16. The summed E-state index contributed by atoms with van der Waals surface area (Å²) < 4.78 is 24.9. The van der Waals surface area contributed by atoms with Crippen LogP contribution >= 0.6 is 0 Å². The summed E-state index contributed by atoms with van der Waals surface area (Å²) in [5.41, 5.74) is 11.0. The molecule has 0 N–H and O–H groups in total. The van der Waals surface area contributed by atoms with E-state index in [-0.39, 0.29) is 10.5 Å². The van der Waals surface area contributed by atoms with Crippen LogP contribution in [0.25, 0.3) is 5.53 Å². The third-order valence-corrected chi connectivity index (χ3v) is 4.85. The summed E-state index contributed by atoms with van der Waals surface area (Å²) in [6.45, 7) is 3.66. The first-order chi connectivity index (χ1) is 10.4. The maximum absolute atomic E-state index is 12.4. The van der Waals surface area contributed by atoms with E-state index < -0.39 is 20.7 Å². The van der Waals surface area contributed by atoms with Crippen molar-refractivity contribution < 1.29 is 18.0 Å². The number of aryl methyl sites for hydroxylation is 2. The van der Waals surface area contributed by atoms with Gasteiger partial charge in [-0.1, -0.05) is 47.5 Å². The van der Waals surface area contributed by atoms with E-state index in [0.717, 1.165) is 11.1 Å². The van der Waals surface area contributed by atoms with Gasteiger partial charge in [-0.25, -0.2) is 8.42 Å². The highest BCUT2D eigenvalue weighted by atomic mass is 32.2. The van der Waals surface area contributed by atoms with Crippen LogP contribution in [0.1, 0.15) is 21.5 Å². The molecule has 2 rings (SSSR count). The van der Waals surface area contributed by atoms with Gasteiger partial charge in [-0.05, 0) is 26.0 Å². The van der Waals surface area contributed by atoms with Gasteiger partial charge in [0.05, 0.1) is 4.90 Å². The van der Waals surface area contributed by atoms with Crippen LogP contribution in [0, 0.1) is 13.8 Å². The lowest BCUT2D eigenvalue weighted by Gasteiger charge is -2.01. The van der Waals surface area contributed by atoms with Gasteiger partial charge in [0.25, 0.3) is 15.6 Å². The van der Waals surface area contributed by atoms with Gasteiger partial charge in [0, 0.05) is 5.56 Å². The molecule has 0 aliphatic heterocycles. The molecule has 0 saturated heterocycles. The zero-order chi connectivity index (χ0) is 16.3. The number of hydrogen-bond acceptors (Lipinski definition) is 3. The molecule has 0 amide bonds. The van der Waals surface area contributed by atoms with E-state index in [1.165, 1.54) is 24.3 Å². The first-order valence-electron chi connectivity index (χ1n) is 6.51. The summed E-state index contributed by atoms with van der Waals surface area (Å²) in [6, 6.07) is 12.3. The number of hydrogen-bond donors (Lipinski definition) is 0. The van der Waals surface area contributed by atoms with Crippen LogP contribution in [-0.4, -0.2) is 24.0 Å². The largest absolute Gasteiger partial charge is 0.456 e. The van der Waals surface area contributed by atoms with Crippen LogP contribution in [0.4, 0.5) is 0 Å². The molecule has 0 bridgehead atoms. The Labute approximate surface area is 128 Å². The monoisotopic (exact) mass is 314 g/mol. The van der Waals surface area contributed by atoms with Crippen molar-refractivity contribution in [2.75, 3.05) is 0 Å². The van der Waals surface area contributed by atoms with E-state index in [2.05, 4.69) is 4.79 Å². The summed E-state index contributed by atoms with van der Waals surface area (Å²) in [5.74, 6) is -0.844. The smallest absolute Gasteiger partial charge is 0.360 e. The second kappa shape index (κ2) is 6.05. The standard InChI is InChI=1S/C16H14N2O3S/c1-11-3-7-13(8-4-11)15(19)16(18-17)22(20,21)14-9-5-12(2)6-10-14/h3-10H,1-2H3. The Morgan fingerprint density at radius 2 is 1.36 bits per heavy atom. The van der Waals surface area contributed by atoms with E-state index in [9.17, 15) is 13.2 Å². The summed E-state index contributed by atoms with van der Waals surface area (Å²) in [4.78, 5) is 14.9. The third-order valence-electron chi connectivity index (χ3n) is 3.18. The Bertz CT molecular complexity index is 861. The second-order valence-corrected chi connectivity index (χ2v) is 6.78. The van der Waals surface area contributed by atoms with E-state index in [1.54, 1.807) is 24.3 Å². The van der Waals surface area contributed by atoms with Crippen molar-refractivity contribution in [3.05, 3.63) is 70.8 Å². The van der Waals surface area contributed by atoms with Crippen LogP contribution in [0.2, 0.25) is 0 Å². The number of Topliss-reactive ketones (excluding diaryl/α,β-unsaturated/α-hetero) is 1. The second-order valence-electron chi connectivity index (χ2n) is 4.92. The number of benzene rings is 2. The Hall–Kier alpha value is -2.56. The molecule has 6 heteroatoms. The molecule has 112 valence electrons. The van der Waals surface area contributed by atoms with Gasteiger partial charge in [0.2, 0.25) is 0 Å². The number of carbonyl (C=O) groups excluding carboxylic acids is 1. The van der Waals surface area contributed by atoms with Crippen molar-refractivity contribution in [1.29, 1.82) is 0 Å². The highest BCUT2D eigenvalue weighted by Gasteiger charge is 2.38. The Balaban J connectivity index is 2.47. The van der Waals surface area contributed by atoms with Gasteiger partial charge in [0.1, 0.15) is 0 Å². The molecule has 0 spiro atoms. The van der Waals surface area contributed by atoms with E-state index >= 15 is 0 Å². The predicted molar refractivity (Wildman–Crippen MR) is 82.5 cm³/mol. The third kappa shape index (κ3) is 3.03. The fraction of sp³-hybridized carbons (Fsp3) is 0.125. The summed E-state index contributed by atoms with van der Waals surface area (Å²) in [6.07, 6.45) is 0. The molecule has 0 atom stereocenters. The molecule has 0 heterocycles. The summed E-state index contributed by atoms with van der Waals surface area (Å²) in [5, 5.41) is -0.889. The maximum Gasteiger partial charge on any atom is 0.456 e. The first kappa shape index (κ1) is 15.8. The zero-order valence-electron chi connectivity index (χ0n) is 12.1. The number of sulfone groups is 1. The normalized spacial score (nSPS) is 10.8. The average Bonchev–Trinajstić information content (AvgIpc) is 2.48. The molecule has 0 unspecified atom stereocenters. The van der Waals surface area contributed by atoms with Gasteiger partial charge in [0.15, 0.2) is 0 Å². The number of carbonyl (C=O) groups is 1. The first-order valence-corrected chi connectivity index (χ1v) is 8.00. The molecular formula is C16H14N2O3S. The van der Waals surface area contributed by atoms with Gasteiger partial charge in [-0.3, -0.25) is 4.79 Å². The molecular weight excluding hydrogens is 300 g/mol. The lowest BCUT2D eigenvalue weighted by molar-refractivity contribution is -0.00158. The van der Waals surface area contributed by atoms with E-state index in [1.807, 2.05) is 13.8 Å². The fourth-order valence-electron chi connectivity index (χ4n) is 1.88. The van der Waals surface area contributed by atoms with Crippen molar-refractivity contribution in [2.24, 2.45) is 0 Å². The minimum atomic E-state index is -4.17. The zero-order valence-corrected chi connectivity index (χ0v) is 13.0. The predicted octanol–water partition coefficient (Wildman–Crippen LogP) is 2.59. The lowest BCUT2D eigenvalue weighted by Crippen LogP contribution is -2.26. The van der Waals surface area contributed by atoms with Crippen LogP contribution in [0.15, 0.2) is 53.4 Å². The number of nitrogens with zero attached hydrogens (tertiary/aromatic N) is 2. The SMILES string of the molecule is Cc1ccc(C(=O)C(=[N+]=[N-])S(=O)(=O)c2ccc(C)cc2)cc1. The molecule has 0 saturated carbocycles. The minimum absolute atomic E-state index is 0.0913. The Morgan fingerprint density at radius 3 is 1.82 bits per heavy atom. The average molecular weight is 314 g/mol. The van der Waals surface area contributed by atoms with Crippen LogP contribution in [0.3, 0.4) is 0 Å². The van der Waals surface area contributed by atoms with Gasteiger partial charge < -0.3 is 5.53 Å². The summed E-state index contributed by atoms with van der Waals surface area (Å²) >= 11 is 0. The minimum Gasteiger partial charge on any atom is -0.360 e. The summed E-state index contributed by atoms with van der Waals surface area (Å²) in [7, 11) is -4.17. The van der Waals surface area contributed by atoms with Crippen molar-refractivity contribution in [2.45, 2.75) is 18.7 Å². The van der Waals surface area contributed by atoms with Crippen molar-refractivity contribution in [3.8, 4) is 0 Å². The number of rotatable bonds is 3. The lowest BCUT2D eigenvalue weighted by atomic mass is 10.1. The Morgan fingerprint density at radius 1 is 0.909 bits per heavy atom. The van der Waals surface area contributed by atoms with E-state index in [4.69, 9.17) is 5.53 Å². The molecule has 0 aliphatic carbocycles.